The monoisotopic (exact) mass is 373 g/mol. The fourth-order valence-electron chi connectivity index (χ4n) is 2.25. The summed E-state index contributed by atoms with van der Waals surface area (Å²) in [6, 6.07) is 0. The van der Waals surface area contributed by atoms with Crippen LogP contribution in [0.3, 0.4) is 0 Å². The highest BCUT2D eigenvalue weighted by atomic mass is 79.9. The molecule has 2 aliphatic rings. The van der Waals surface area contributed by atoms with Crippen molar-refractivity contribution in [2.24, 2.45) is 0 Å². The maximum atomic E-state index is 4.89. The van der Waals surface area contributed by atoms with E-state index in [1.807, 2.05) is 23.5 Å². The first-order chi connectivity index (χ1) is 9.79. The number of anilines is 1. The van der Waals surface area contributed by atoms with Gasteiger partial charge in [0.25, 0.3) is 0 Å². The lowest BCUT2D eigenvalue weighted by atomic mass is 10.2. The van der Waals surface area contributed by atoms with Gasteiger partial charge in [0, 0.05) is 29.7 Å². The number of hydrogen-bond acceptors (Lipinski definition) is 5. The van der Waals surface area contributed by atoms with E-state index >= 15 is 0 Å². The molecule has 1 aromatic rings. The van der Waals surface area contributed by atoms with Crippen molar-refractivity contribution in [2.45, 2.75) is 37.4 Å². The second-order valence-electron chi connectivity index (χ2n) is 5.27. The molecular formula is C14H20BrN3S2. The summed E-state index contributed by atoms with van der Waals surface area (Å²) in [6.07, 6.45) is 3.65. The van der Waals surface area contributed by atoms with E-state index in [1.54, 1.807) is 0 Å². The third-order valence-corrected chi connectivity index (χ3v) is 7.04. The van der Waals surface area contributed by atoms with Gasteiger partial charge in [-0.1, -0.05) is 6.92 Å². The van der Waals surface area contributed by atoms with Crippen LogP contribution in [0.5, 0.6) is 0 Å². The summed E-state index contributed by atoms with van der Waals surface area (Å²) in [5.74, 6) is 6.29. The van der Waals surface area contributed by atoms with Crippen LogP contribution in [0.1, 0.15) is 48.9 Å². The number of halogens is 1. The minimum Gasteiger partial charge on any atom is -0.369 e. The van der Waals surface area contributed by atoms with Crippen molar-refractivity contribution >= 4 is 45.3 Å². The van der Waals surface area contributed by atoms with Crippen molar-refractivity contribution in [3.8, 4) is 0 Å². The molecule has 3 nitrogen and oxygen atoms in total. The summed E-state index contributed by atoms with van der Waals surface area (Å²) < 4.78 is 1.09. The summed E-state index contributed by atoms with van der Waals surface area (Å²) in [5.41, 5.74) is 1.23. The molecule has 0 aromatic carbocycles. The molecule has 1 saturated carbocycles. The number of rotatable bonds is 5. The van der Waals surface area contributed by atoms with Gasteiger partial charge in [0.2, 0.25) is 0 Å². The van der Waals surface area contributed by atoms with Gasteiger partial charge in [-0.3, -0.25) is 0 Å². The van der Waals surface area contributed by atoms with Crippen LogP contribution in [-0.2, 0) is 0 Å². The zero-order valence-corrected chi connectivity index (χ0v) is 14.9. The summed E-state index contributed by atoms with van der Waals surface area (Å²) >= 11 is 7.74. The minimum absolute atomic E-state index is 0.460. The first kappa shape index (κ1) is 15.0. The number of thioether (sulfide) groups is 2. The number of hydrogen-bond donors (Lipinski definition) is 1. The van der Waals surface area contributed by atoms with Crippen LogP contribution in [0.25, 0.3) is 0 Å². The van der Waals surface area contributed by atoms with Gasteiger partial charge in [-0.2, -0.15) is 11.8 Å². The van der Waals surface area contributed by atoms with Crippen LogP contribution in [0.4, 0.5) is 5.82 Å². The highest BCUT2D eigenvalue weighted by Gasteiger charge is 2.31. The molecule has 6 heteroatoms. The maximum Gasteiger partial charge on any atom is 0.144 e. The van der Waals surface area contributed by atoms with E-state index in [-0.39, 0.29) is 0 Å². The average molecular weight is 374 g/mol. The molecule has 1 aliphatic carbocycles. The highest BCUT2D eigenvalue weighted by molar-refractivity contribution is 9.10. The first-order valence-electron chi connectivity index (χ1n) is 7.30. The molecule has 0 amide bonds. The van der Waals surface area contributed by atoms with Crippen LogP contribution in [0, 0.1) is 0 Å². The van der Waals surface area contributed by atoms with Gasteiger partial charge in [0.15, 0.2) is 0 Å². The van der Waals surface area contributed by atoms with E-state index in [2.05, 4.69) is 28.2 Å². The summed E-state index contributed by atoms with van der Waals surface area (Å²) in [4.78, 5) is 9.70. The molecule has 2 fully saturated rings. The van der Waals surface area contributed by atoms with Crippen molar-refractivity contribution in [3.63, 3.8) is 0 Å². The third kappa shape index (κ3) is 3.45. The van der Waals surface area contributed by atoms with Crippen LogP contribution >= 0.6 is 39.5 Å². The van der Waals surface area contributed by atoms with Gasteiger partial charge in [0.05, 0.1) is 15.4 Å². The summed E-state index contributed by atoms with van der Waals surface area (Å²) in [6.45, 7) is 3.14. The molecule has 1 N–H and O–H groups in total. The summed E-state index contributed by atoms with van der Waals surface area (Å²) in [7, 11) is 0. The quantitative estimate of drug-likeness (QED) is 0.824. The Bertz CT molecular complexity index is 474. The first-order valence-corrected chi connectivity index (χ1v) is 10.3. The lowest BCUT2D eigenvalue weighted by Crippen LogP contribution is -2.14. The van der Waals surface area contributed by atoms with Crippen molar-refractivity contribution in [3.05, 3.63) is 16.0 Å². The lowest BCUT2D eigenvalue weighted by molar-refractivity contribution is 0.857. The molecule has 2 heterocycles. The number of nitrogens with one attached hydrogen (secondary N) is 1. The molecule has 0 spiro atoms. The Morgan fingerprint density at radius 1 is 1.30 bits per heavy atom. The van der Waals surface area contributed by atoms with Crippen LogP contribution in [0.15, 0.2) is 4.47 Å². The lowest BCUT2D eigenvalue weighted by Gasteiger charge is -2.21. The van der Waals surface area contributed by atoms with Crippen molar-refractivity contribution in [1.29, 1.82) is 0 Å². The van der Waals surface area contributed by atoms with E-state index in [9.17, 15) is 0 Å². The topological polar surface area (TPSA) is 37.8 Å². The Kier molecular flexibility index (Phi) is 5.15. The molecular weight excluding hydrogens is 354 g/mol. The fraction of sp³-hybridized carbons (Fsp3) is 0.714. The minimum atomic E-state index is 0.460. The van der Waals surface area contributed by atoms with Gasteiger partial charge < -0.3 is 5.32 Å². The molecule has 1 atom stereocenters. The molecule has 0 bridgehead atoms. The largest absolute Gasteiger partial charge is 0.369 e. The van der Waals surface area contributed by atoms with E-state index in [0.717, 1.165) is 34.8 Å². The predicted molar refractivity (Wildman–Crippen MR) is 93.0 cm³/mol. The fourth-order valence-corrected chi connectivity index (χ4v) is 5.49. The third-order valence-electron chi connectivity index (χ3n) is 3.50. The zero-order valence-electron chi connectivity index (χ0n) is 11.7. The van der Waals surface area contributed by atoms with Crippen molar-refractivity contribution in [2.75, 3.05) is 29.1 Å². The molecule has 1 aliphatic heterocycles. The van der Waals surface area contributed by atoms with Gasteiger partial charge in [-0.15, -0.1) is 11.8 Å². The average Bonchev–Trinajstić information content (AvgIpc) is 3.32. The van der Waals surface area contributed by atoms with Gasteiger partial charge in [0.1, 0.15) is 11.6 Å². The van der Waals surface area contributed by atoms with Crippen molar-refractivity contribution in [1.82, 2.24) is 9.97 Å². The number of nitrogens with zero attached hydrogens (tertiary/aromatic N) is 2. The highest BCUT2D eigenvalue weighted by Crippen LogP contribution is 2.45. The Morgan fingerprint density at radius 2 is 2.15 bits per heavy atom. The zero-order chi connectivity index (χ0) is 13.9. The smallest absolute Gasteiger partial charge is 0.144 e. The van der Waals surface area contributed by atoms with Gasteiger partial charge in [-0.25, -0.2) is 9.97 Å². The maximum absolute atomic E-state index is 4.89. The molecule has 1 saturated heterocycles. The van der Waals surface area contributed by atoms with Crippen LogP contribution in [0.2, 0.25) is 0 Å². The summed E-state index contributed by atoms with van der Waals surface area (Å²) in [5, 5.41) is 3.91. The van der Waals surface area contributed by atoms with Crippen LogP contribution < -0.4 is 5.32 Å². The molecule has 1 unspecified atom stereocenters. The van der Waals surface area contributed by atoms with Crippen molar-refractivity contribution < 1.29 is 0 Å². The van der Waals surface area contributed by atoms with Crippen LogP contribution in [-0.4, -0.2) is 33.8 Å². The molecule has 20 heavy (non-hydrogen) atoms. The standard InChI is InChI=1S/C14H20BrN3S2/c1-2-5-16-14-11(15)12(9-3-4-9)17-13(18-14)10-8-19-6-7-20-10/h9-10H,2-8H2,1H3,(H,16,17,18). The van der Waals surface area contributed by atoms with E-state index in [1.165, 1.54) is 30.0 Å². The Hall–Kier alpha value is 0.0600. The second kappa shape index (κ2) is 6.88. The van der Waals surface area contributed by atoms with E-state index < -0.39 is 0 Å². The van der Waals surface area contributed by atoms with Gasteiger partial charge >= 0.3 is 0 Å². The normalized spacial score (nSPS) is 22.8. The molecule has 1 aromatic heterocycles. The Balaban J connectivity index is 1.89. The second-order valence-corrected chi connectivity index (χ2v) is 8.52. The van der Waals surface area contributed by atoms with E-state index in [4.69, 9.17) is 9.97 Å². The molecule has 110 valence electrons. The Morgan fingerprint density at radius 3 is 2.80 bits per heavy atom. The van der Waals surface area contributed by atoms with Gasteiger partial charge in [-0.05, 0) is 35.2 Å². The SMILES string of the molecule is CCCNc1nc(C2CSCCS2)nc(C2CC2)c1Br. The number of aromatic nitrogens is 2. The predicted octanol–water partition coefficient (Wildman–Crippen LogP) is 4.46. The Labute approximate surface area is 137 Å². The van der Waals surface area contributed by atoms with E-state index in [0.29, 0.717) is 11.2 Å². The molecule has 0 radical (unpaired) electrons. The molecule has 3 rings (SSSR count).